The van der Waals surface area contributed by atoms with Crippen molar-refractivity contribution in [3.8, 4) is 22.5 Å². The van der Waals surface area contributed by atoms with Crippen molar-refractivity contribution in [1.82, 2.24) is 40.3 Å². The molecular weight excluding hydrogens is 535 g/mol. The highest BCUT2D eigenvalue weighted by molar-refractivity contribution is 7.20. The molecule has 0 aromatic carbocycles. The summed E-state index contributed by atoms with van der Waals surface area (Å²) in [5.74, 6) is 0.655. The summed E-state index contributed by atoms with van der Waals surface area (Å²) >= 11 is 9.01. The summed E-state index contributed by atoms with van der Waals surface area (Å²) in [6.45, 7) is 1.98. The van der Waals surface area contributed by atoms with Gasteiger partial charge in [-0.2, -0.15) is 14.6 Å². The zero-order chi connectivity index (χ0) is 25.6. The quantitative estimate of drug-likeness (QED) is 0.173. The van der Waals surface area contributed by atoms with Gasteiger partial charge in [-0.15, -0.1) is 11.3 Å². The summed E-state index contributed by atoms with van der Waals surface area (Å²) in [6, 6.07) is 10.2. The molecule has 6 aromatic heterocycles. The molecule has 4 N–H and O–H groups in total. The number of rotatable bonds is 6. The number of thiazole rings is 2. The van der Waals surface area contributed by atoms with E-state index in [2.05, 4.69) is 51.0 Å². The lowest BCUT2D eigenvalue weighted by atomic mass is 10.2. The Morgan fingerprint density at radius 1 is 0.811 bits per heavy atom. The maximum atomic E-state index is 13.0. The van der Waals surface area contributed by atoms with E-state index in [9.17, 15) is 4.39 Å². The van der Waals surface area contributed by atoms with Crippen LogP contribution in [0.5, 0.6) is 0 Å². The van der Waals surface area contributed by atoms with Gasteiger partial charge in [0.1, 0.15) is 21.7 Å². The number of aromatic amines is 2. The molecule has 0 radical (unpaired) electrons. The molecule has 6 rings (SSSR count). The van der Waals surface area contributed by atoms with Crippen LogP contribution in [0, 0.1) is 12.9 Å². The van der Waals surface area contributed by atoms with E-state index in [-0.39, 0.29) is 0 Å². The normalized spacial score (nSPS) is 10.6. The third-order valence-corrected chi connectivity index (χ3v) is 6.83. The Labute approximate surface area is 223 Å². The molecule has 0 aliphatic carbocycles. The van der Waals surface area contributed by atoms with Crippen LogP contribution in [-0.2, 0) is 0 Å². The lowest BCUT2D eigenvalue weighted by molar-refractivity contribution is 0.585. The molecule has 0 aliphatic rings. The Bertz CT molecular complexity index is 1570. The van der Waals surface area contributed by atoms with Gasteiger partial charge in [-0.05, 0) is 31.2 Å². The number of anilines is 4. The van der Waals surface area contributed by atoms with E-state index in [1.807, 2.05) is 25.1 Å². The summed E-state index contributed by atoms with van der Waals surface area (Å²) in [5.41, 5.74) is 3.37. The van der Waals surface area contributed by atoms with Gasteiger partial charge in [0.2, 0.25) is 5.95 Å². The minimum absolute atomic E-state index is 0.437. The summed E-state index contributed by atoms with van der Waals surface area (Å²) < 4.78 is 13.6. The summed E-state index contributed by atoms with van der Waals surface area (Å²) in [7, 11) is 0. The maximum absolute atomic E-state index is 13.0. The number of aryl methyl sites for hydroxylation is 1. The number of nitrogens with zero attached hydrogens (tertiary/aromatic N) is 6. The van der Waals surface area contributed by atoms with Crippen LogP contribution in [0.25, 0.3) is 22.5 Å². The second-order valence-corrected chi connectivity index (χ2v) is 10.2. The highest BCUT2D eigenvalue weighted by Gasteiger charge is 2.13. The van der Waals surface area contributed by atoms with Crippen LogP contribution in [0.1, 0.15) is 4.88 Å². The number of hydrogen-bond donors (Lipinski definition) is 4. The van der Waals surface area contributed by atoms with Crippen LogP contribution in [0.2, 0.25) is 4.34 Å². The molecule has 0 aliphatic heterocycles. The SMILES string of the molecule is Cc1sc(Nc2cccc(F)n2)nc1-c1cn[nH]c1.Clc1sc(Nc2ccccn2)nc1-c1cn[nH]c1. The molecule has 6 aromatic rings. The number of pyridine rings is 2. The molecule has 0 fully saturated rings. The zero-order valence-corrected chi connectivity index (χ0v) is 21.5. The molecule has 37 heavy (non-hydrogen) atoms. The zero-order valence-electron chi connectivity index (χ0n) is 19.1. The second kappa shape index (κ2) is 11.2. The van der Waals surface area contributed by atoms with Crippen molar-refractivity contribution in [1.29, 1.82) is 0 Å². The maximum Gasteiger partial charge on any atom is 0.214 e. The van der Waals surface area contributed by atoms with Gasteiger partial charge in [0.05, 0.1) is 18.1 Å². The highest BCUT2D eigenvalue weighted by atomic mass is 35.5. The van der Waals surface area contributed by atoms with Crippen molar-refractivity contribution in [2.75, 3.05) is 10.6 Å². The van der Waals surface area contributed by atoms with E-state index in [0.717, 1.165) is 27.5 Å². The number of nitrogens with one attached hydrogen (secondary N) is 4. The van der Waals surface area contributed by atoms with Gasteiger partial charge >= 0.3 is 0 Å². The van der Waals surface area contributed by atoms with Gasteiger partial charge in [-0.1, -0.05) is 35.1 Å². The predicted octanol–water partition coefficient (Wildman–Crippen LogP) is 6.44. The molecular formula is C23H18ClFN10S2. The Balaban J connectivity index is 0.000000152. The van der Waals surface area contributed by atoms with Gasteiger partial charge in [0, 0.05) is 34.6 Å². The van der Waals surface area contributed by atoms with Gasteiger partial charge in [0.15, 0.2) is 10.3 Å². The molecule has 0 saturated heterocycles. The lowest BCUT2D eigenvalue weighted by Crippen LogP contribution is -1.94. The van der Waals surface area contributed by atoms with E-state index < -0.39 is 5.95 Å². The van der Waals surface area contributed by atoms with E-state index in [1.165, 1.54) is 28.7 Å². The van der Waals surface area contributed by atoms with Crippen molar-refractivity contribution in [3.05, 3.63) is 82.5 Å². The van der Waals surface area contributed by atoms with Crippen molar-refractivity contribution < 1.29 is 4.39 Å². The molecule has 0 atom stereocenters. The fourth-order valence-electron chi connectivity index (χ4n) is 3.15. The minimum Gasteiger partial charge on any atom is -0.316 e. The second-order valence-electron chi connectivity index (χ2n) is 7.35. The molecule has 0 spiro atoms. The Kier molecular flexibility index (Phi) is 7.44. The van der Waals surface area contributed by atoms with E-state index in [0.29, 0.717) is 26.1 Å². The monoisotopic (exact) mass is 552 g/mol. The molecule has 0 saturated carbocycles. The molecule has 10 nitrogen and oxygen atoms in total. The van der Waals surface area contributed by atoms with Crippen molar-refractivity contribution in [2.45, 2.75) is 6.92 Å². The number of H-pyrrole nitrogens is 2. The van der Waals surface area contributed by atoms with Crippen molar-refractivity contribution >= 4 is 56.2 Å². The average molecular weight is 553 g/mol. The van der Waals surface area contributed by atoms with Crippen LogP contribution in [0.3, 0.4) is 0 Å². The molecule has 186 valence electrons. The molecule has 0 bridgehead atoms. The first kappa shape index (κ1) is 24.5. The van der Waals surface area contributed by atoms with Crippen LogP contribution in [-0.4, -0.2) is 40.3 Å². The Hall–Kier alpha value is -4.20. The lowest BCUT2D eigenvalue weighted by Gasteiger charge is -2.00. The minimum atomic E-state index is -0.520. The Morgan fingerprint density at radius 3 is 2.16 bits per heavy atom. The first-order valence-electron chi connectivity index (χ1n) is 10.7. The molecule has 0 amide bonds. The summed E-state index contributed by atoms with van der Waals surface area (Å²) in [5, 5.41) is 20.8. The van der Waals surface area contributed by atoms with Gasteiger partial charge < -0.3 is 10.6 Å². The fraction of sp³-hybridized carbons (Fsp3) is 0.0435. The van der Waals surface area contributed by atoms with Crippen LogP contribution in [0.15, 0.2) is 67.4 Å². The number of halogens is 2. The van der Waals surface area contributed by atoms with Crippen LogP contribution < -0.4 is 10.6 Å². The fourth-order valence-corrected chi connectivity index (χ4v) is 5.08. The average Bonchev–Trinajstić information content (AvgIpc) is 3.69. The van der Waals surface area contributed by atoms with E-state index >= 15 is 0 Å². The third-order valence-electron chi connectivity index (χ3n) is 4.78. The first-order chi connectivity index (χ1) is 18.0. The standard InChI is InChI=1S/C12H10FN5S.C11H8ClN5S/c1-7-11(8-5-14-15-6-8)18-12(19-7)17-10-4-2-3-9(13)16-10;12-10-9(7-5-14-15-6-7)17-11(18-10)16-8-3-1-2-4-13-8/h2-6H,1H3,(H,14,15)(H,16,17,18);1-6H,(H,14,15)(H,13,16,17). The third kappa shape index (κ3) is 6.14. The topological polar surface area (TPSA) is 133 Å². The van der Waals surface area contributed by atoms with Gasteiger partial charge in [0.25, 0.3) is 0 Å². The van der Waals surface area contributed by atoms with Crippen LogP contribution >= 0.6 is 34.3 Å². The predicted molar refractivity (Wildman–Crippen MR) is 144 cm³/mol. The first-order valence-corrected chi connectivity index (χ1v) is 12.8. The Morgan fingerprint density at radius 2 is 1.49 bits per heavy atom. The number of aromatic nitrogens is 8. The molecule has 6 heterocycles. The highest BCUT2D eigenvalue weighted by Crippen LogP contribution is 2.35. The molecule has 14 heteroatoms. The smallest absolute Gasteiger partial charge is 0.214 e. The van der Waals surface area contributed by atoms with Gasteiger partial charge in [-0.25, -0.2) is 19.9 Å². The van der Waals surface area contributed by atoms with Crippen LogP contribution in [0.4, 0.5) is 26.3 Å². The van der Waals surface area contributed by atoms with Gasteiger partial charge in [-0.3, -0.25) is 10.2 Å². The molecule has 0 unspecified atom stereocenters. The van der Waals surface area contributed by atoms with E-state index in [1.54, 1.807) is 43.1 Å². The largest absolute Gasteiger partial charge is 0.316 e. The van der Waals surface area contributed by atoms with Crippen molar-refractivity contribution in [3.63, 3.8) is 0 Å². The van der Waals surface area contributed by atoms with E-state index in [4.69, 9.17) is 11.6 Å². The summed E-state index contributed by atoms with van der Waals surface area (Å²) in [4.78, 5) is 17.9. The van der Waals surface area contributed by atoms with Crippen molar-refractivity contribution in [2.24, 2.45) is 0 Å². The summed E-state index contributed by atoms with van der Waals surface area (Å²) in [6.07, 6.45) is 8.66. The number of hydrogen-bond acceptors (Lipinski definition) is 10.